The molecule has 0 fully saturated rings. The molecule has 0 radical (unpaired) electrons. The molecule has 0 spiro atoms. The van der Waals surface area contributed by atoms with Crippen molar-refractivity contribution in [2.45, 2.75) is 12.1 Å². The first-order chi connectivity index (χ1) is 13.7. The van der Waals surface area contributed by atoms with Gasteiger partial charge in [-0.2, -0.15) is 0 Å². The largest absolute Gasteiger partial charge is 0.508 e. The Hall–Kier alpha value is -3.51. The van der Waals surface area contributed by atoms with Crippen LogP contribution in [0.4, 0.5) is 0 Å². The number of nitrogens with one attached hydrogen (secondary N) is 1. The van der Waals surface area contributed by atoms with Crippen molar-refractivity contribution in [1.29, 1.82) is 0 Å². The second-order valence-corrected chi connectivity index (χ2v) is 6.84. The summed E-state index contributed by atoms with van der Waals surface area (Å²) in [5.74, 6) is 2.15. The molecule has 0 bridgehead atoms. The van der Waals surface area contributed by atoms with E-state index in [1.54, 1.807) is 25.6 Å². The molecule has 0 saturated heterocycles. The van der Waals surface area contributed by atoms with E-state index < -0.39 is 6.17 Å². The molecule has 3 aromatic rings. The van der Waals surface area contributed by atoms with E-state index in [2.05, 4.69) is 10.3 Å². The fraction of sp³-hybridized carbons (Fsp3) is 0.136. The predicted molar refractivity (Wildman–Crippen MR) is 108 cm³/mol. The Morgan fingerprint density at radius 2 is 1.89 bits per heavy atom. The summed E-state index contributed by atoms with van der Waals surface area (Å²) in [6, 6.07) is 17.2. The molecule has 2 aliphatic rings. The smallest absolute Gasteiger partial charge is 0.202 e. The van der Waals surface area contributed by atoms with Gasteiger partial charge in [0.15, 0.2) is 0 Å². The molecule has 0 aromatic heterocycles. The van der Waals surface area contributed by atoms with Crippen LogP contribution in [0.15, 0.2) is 71.0 Å². The van der Waals surface area contributed by atoms with Crippen LogP contribution in [0.25, 0.3) is 10.8 Å². The number of phenols is 1. The molecular formula is C22H19N3O3. The van der Waals surface area contributed by atoms with E-state index in [-0.39, 0.29) is 11.7 Å². The molecule has 2 unspecified atom stereocenters. The van der Waals surface area contributed by atoms with Crippen LogP contribution in [0.3, 0.4) is 0 Å². The number of phenolic OH excluding ortho intramolecular Hbond substituents is 1. The summed E-state index contributed by atoms with van der Waals surface area (Å²) in [7, 11) is 1.64. The SMILES string of the molecule is COc1ccc(C2C3=C(NC=NC3N)Oc3ccc4ccc(O)cc4c32)cc1. The van der Waals surface area contributed by atoms with E-state index >= 15 is 0 Å². The van der Waals surface area contributed by atoms with Crippen molar-refractivity contribution in [3.63, 3.8) is 0 Å². The topological polar surface area (TPSA) is 89.1 Å². The molecule has 2 aliphatic heterocycles. The summed E-state index contributed by atoms with van der Waals surface area (Å²) in [5, 5.41) is 15.1. The van der Waals surface area contributed by atoms with Crippen LogP contribution in [-0.4, -0.2) is 24.7 Å². The molecule has 6 heteroatoms. The second kappa shape index (κ2) is 6.28. The molecule has 28 heavy (non-hydrogen) atoms. The van der Waals surface area contributed by atoms with Crippen molar-refractivity contribution in [2.75, 3.05) is 7.11 Å². The van der Waals surface area contributed by atoms with Gasteiger partial charge >= 0.3 is 0 Å². The number of nitrogens with two attached hydrogens (primary N) is 1. The van der Waals surface area contributed by atoms with E-state index in [9.17, 15) is 5.11 Å². The maximum absolute atomic E-state index is 10.1. The highest BCUT2D eigenvalue weighted by molar-refractivity contribution is 5.91. The van der Waals surface area contributed by atoms with Crippen molar-refractivity contribution >= 4 is 17.1 Å². The number of aromatic hydroxyl groups is 1. The molecule has 0 amide bonds. The molecule has 140 valence electrons. The summed E-state index contributed by atoms with van der Waals surface area (Å²) < 4.78 is 11.5. The van der Waals surface area contributed by atoms with Gasteiger partial charge in [0.25, 0.3) is 0 Å². The van der Waals surface area contributed by atoms with E-state index in [0.29, 0.717) is 5.88 Å². The second-order valence-electron chi connectivity index (χ2n) is 6.84. The zero-order valence-corrected chi connectivity index (χ0v) is 15.2. The van der Waals surface area contributed by atoms with Crippen LogP contribution in [0, 0.1) is 0 Å². The first kappa shape index (κ1) is 16.6. The van der Waals surface area contributed by atoms with E-state index in [4.69, 9.17) is 15.2 Å². The van der Waals surface area contributed by atoms with Gasteiger partial charge < -0.3 is 25.6 Å². The maximum Gasteiger partial charge on any atom is 0.202 e. The summed E-state index contributed by atoms with van der Waals surface area (Å²) in [4.78, 5) is 4.32. The summed E-state index contributed by atoms with van der Waals surface area (Å²) in [6.45, 7) is 0. The first-order valence-corrected chi connectivity index (χ1v) is 9.01. The Morgan fingerprint density at radius 3 is 2.68 bits per heavy atom. The predicted octanol–water partition coefficient (Wildman–Crippen LogP) is 3.21. The van der Waals surface area contributed by atoms with Crippen LogP contribution < -0.4 is 20.5 Å². The number of fused-ring (bicyclic) bond motifs is 3. The number of rotatable bonds is 2. The highest BCUT2D eigenvalue weighted by atomic mass is 16.5. The Balaban J connectivity index is 1.80. The quantitative estimate of drug-likeness (QED) is 0.642. The molecule has 0 saturated carbocycles. The van der Waals surface area contributed by atoms with Gasteiger partial charge in [0, 0.05) is 17.1 Å². The Bertz CT molecular complexity index is 1140. The zero-order valence-electron chi connectivity index (χ0n) is 15.2. The van der Waals surface area contributed by atoms with Gasteiger partial charge in [0.05, 0.1) is 13.4 Å². The lowest BCUT2D eigenvalue weighted by Crippen LogP contribution is -2.38. The number of hydrogen-bond acceptors (Lipinski definition) is 6. The minimum absolute atomic E-state index is 0.171. The van der Waals surface area contributed by atoms with Crippen molar-refractivity contribution in [1.82, 2.24) is 5.32 Å². The lowest BCUT2D eigenvalue weighted by Gasteiger charge is -2.35. The van der Waals surface area contributed by atoms with Gasteiger partial charge in [-0.05, 0) is 46.7 Å². The standard InChI is InChI=1S/C22H19N3O3/c1-27-15-7-3-13(4-8-15)18-19-16-10-14(26)6-2-12(16)5-9-17(19)28-22-20(18)21(23)24-11-25-22/h2-11,18,21,26H,23H2,1H3,(H,24,25). The Morgan fingerprint density at radius 1 is 1.11 bits per heavy atom. The third-order valence-corrected chi connectivity index (χ3v) is 5.28. The number of methoxy groups -OCH3 is 1. The third kappa shape index (κ3) is 2.50. The van der Waals surface area contributed by atoms with Gasteiger partial charge in [0.1, 0.15) is 23.4 Å². The fourth-order valence-corrected chi connectivity index (χ4v) is 3.97. The van der Waals surface area contributed by atoms with Gasteiger partial charge in [-0.25, -0.2) is 0 Å². The average molecular weight is 373 g/mol. The lowest BCUT2D eigenvalue weighted by atomic mass is 9.79. The van der Waals surface area contributed by atoms with Crippen molar-refractivity contribution < 1.29 is 14.6 Å². The van der Waals surface area contributed by atoms with E-state index in [1.165, 1.54) is 0 Å². The minimum Gasteiger partial charge on any atom is -0.508 e. The Labute approximate surface area is 161 Å². The van der Waals surface area contributed by atoms with Crippen molar-refractivity contribution in [3.8, 4) is 17.2 Å². The summed E-state index contributed by atoms with van der Waals surface area (Å²) in [5.41, 5.74) is 9.22. The first-order valence-electron chi connectivity index (χ1n) is 9.01. The molecule has 5 rings (SSSR count). The average Bonchev–Trinajstić information content (AvgIpc) is 2.72. The monoisotopic (exact) mass is 373 g/mol. The number of benzene rings is 3. The fourth-order valence-electron chi connectivity index (χ4n) is 3.97. The normalized spacial score (nSPS) is 20.2. The molecule has 3 aromatic carbocycles. The summed E-state index contributed by atoms with van der Waals surface area (Å²) >= 11 is 0. The molecule has 0 aliphatic carbocycles. The van der Waals surface area contributed by atoms with Gasteiger partial charge in [0.2, 0.25) is 5.88 Å². The van der Waals surface area contributed by atoms with Crippen LogP contribution in [0.2, 0.25) is 0 Å². The van der Waals surface area contributed by atoms with E-state index in [1.807, 2.05) is 42.5 Å². The highest BCUT2D eigenvalue weighted by Gasteiger charge is 2.36. The number of nitrogens with zero attached hydrogens (tertiary/aromatic N) is 1. The Kier molecular flexibility index (Phi) is 3.74. The number of hydrogen-bond donors (Lipinski definition) is 3. The van der Waals surface area contributed by atoms with Crippen LogP contribution in [0.5, 0.6) is 17.2 Å². The zero-order chi connectivity index (χ0) is 19.3. The molecule has 2 heterocycles. The molecular weight excluding hydrogens is 354 g/mol. The lowest BCUT2D eigenvalue weighted by molar-refractivity contribution is 0.364. The molecule has 6 nitrogen and oxygen atoms in total. The third-order valence-electron chi connectivity index (χ3n) is 5.28. The van der Waals surface area contributed by atoms with Crippen molar-refractivity contribution in [2.24, 2.45) is 10.7 Å². The van der Waals surface area contributed by atoms with Crippen LogP contribution >= 0.6 is 0 Å². The van der Waals surface area contributed by atoms with Gasteiger partial charge in [-0.3, -0.25) is 4.99 Å². The van der Waals surface area contributed by atoms with Gasteiger partial charge in [-0.1, -0.05) is 24.3 Å². The highest BCUT2D eigenvalue weighted by Crippen LogP contribution is 2.48. The summed E-state index contributed by atoms with van der Waals surface area (Å²) in [6.07, 6.45) is 1.04. The number of aliphatic imine (C=N–C) groups is 1. The molecule has 2 atom stereocenters. The minimum atomic E-state index is -0.524. The maximum atomic E-state index is 10.1. The molecule has 4 N–H and O–H groups in total. The van der Waals surface area contributed by atoms with Crippen LogP contribution in [0.1, 0.15) is 17.0 Å². The number of ether oxygens (including phenoxy) is 2. The van der Waals surface area contributed by atoms with Crippen molar-refractivity contribution in [3.05, 3.63) is 77.2 Å². The van der Waals surface area contributed by atoms with E-state index in [0.717, 1.165) is 39.0 Å². The van der Waals surface area contributed by atoms with Gasteiger partial charge in [-0.15, -0.1) is 0 Å². The van der Waals surface area contributed by atoms with Crippen LogP contribution in [-0.2, 0) is 0 Å².